The van der Waals surface area contributed by atoms with Crippen molar-refractivity contribution >= 4 is 23.8 Å². The maximum Gasteiger partial charge on any atom is 0.407 e. The molecular formula is C24H33N3O5. The number of benzene rings is 1. The number of alkyl carbamates (subject to hydrolysis) is 1. The molecule has 1 atom stereocenters. The maximum atomic E-state index is 12.9. The van der Waals surface area contributed by atoms with Gasteiger partial charge in [-0.15, -0.1) is 0 Å². The minimum absolute atomic E-state index is 0.135. The maximum absolute atomic E-state index is 12.9. The summed E-state index contributed by atoms with van der Waals surface area (Å²) in [6.45, 7) is 6.52. The van der Waals surface area contributed by atoms with Crippen LogP contribution in [0.5, 0.6) is 0 Å². The molecule has 0 bridgehead atoms. The number of amides is 4. The van der Waals surface area contributed by atoms with Crippen molar-refractivity contribution in [2.24, 2.45) is 0 Å². The highest BCUT2D eigenvalue weighted by Crippen LogP contribution is 2.30. The van der Waals surface area contributed by atoms with Crippen molar-refractivity contribution in [1.82, 2.24) is 15.5 Å². The lowest BCUT2D eigenvalue weighted by atomic mass is 9.98. The third kappa shape index (κ3) is 6.08. The van der Waals surface area contributed by atoms with Crippen LogP contribution in [-0.4, -0.2) is 46.9 Å². The number of ether oxygens (including phenoxy) is 1. The molecule has 1 saturated heterocycles. The van der Waals surface area contributed by atoms with Crippen molar-refractivity contribution in [1.29, 1.82) is 0 Å². The number of fused-ring (bicyclic) bond motifs is 1. The summed E-state index contributed by atoms with van der Waals surface area (Å²) < 4.78 is 5.22. The molecule has 8 heteroatoms. The van der Waals surface area contributed by atoms with Gasteiger partial charge in [-0.1, -0.05) is 25.0 Å². The molecule has 4 amide bonds. The lowest BCUT2D eigenvalue weighted by Gasteiger charge is -2.29. The second kappa shape index (κ2) is 10.1. The number of unbranched alkanes of at least 4 members (excludes halogenated alkanes) is 3. The van der Waals surface area contributed by atoms with E-state index in [0.29, 0.717) is 25.1 Å². The molecule has 0 aliphatic carbocycles. The Hall–Kier alpha value is -2.90. The van der Waals surface area contributed by atoms with E-state index in [4.69, 9.17) is 4.74 Å². The molecule has 0 saturated carbocycles. The number of rotatable bonds is 8. The summed E-state index contributed by atoms with van der Waals surface area (Å²) >= 11 is 0. The zero-order valence-corrected chi connectivity index (χ0v) is 19.2. The van der Waals surface area contributed by atoms with Crippen molar-refractivity contribution in [2.45, 2.75) is 83.9 Å². The Morgan fingerprint density at radius 1 is 1.16 bits per heavy atom. The first kappa shape index (κ1) is 23.8. The van der Waals surface area contributed by atoms with Crippen molar-refractivity contribution < 1.29 is 23.9 Å². The fourth-order valence-electron chi connectivity index (χ4n) is 4.18. The molecule has 174 valence electrons. The van der Waals surface area contributed by atoms with E-state index >= 15 is 0 Å². The third-order valence-electron chi connectivity index (χ3n) is 5.72. The smallest absolute Gasteiger partial charge is 0.407 e. The lowest BCUT2D eigenvalue weighted by molar-refractivity contribution is -0.136. The first-order chi connectivity index (χ1) is 15.2. The summed E-state index contributed by atoms with van der Waals surface area (Å²) in [5.41, 5.74) is 2.30. The number of piperidine rings is 1. The van der Waals surface area contributed by atoms with Gasteiger partial charge in [0.2, 0.25) is 11.8 Å². The Balaban J connectivity index is 1.44. The minimum Gasteiger partial charge on any atom is -0.444 e. The molecule has 1 aromatic carbocycles. The first-order valence-electron chi connectivity index (χ1n) is 11.4. The van der Waals surface area contributed by atoms with Crippen molar-refractivity contribution in [3.05, 3.63) is 34.9 Å². The van der Waals surface area contributed by atoms with Gasteiger partial charge in [0.1, 0.15) is 11.6 Å². The van der Waals surface area contributed by atoms with Crippen LogP contribution in [-0.2, 0) is 27.3 Å². The van der Waals surface area contributed by atoms with Gasteiger partial charge in [0.25, 0.3) is 5.91 Å². The number of carbonyl (C=O) groups is 4. The van der Waals surface area contributed by atoms with Gasteiger partial charge in [-0.05, 0) is 63.6 Å². The number of hydrogen-bond donors (Lipinski definition) is 2. The van der Waals surface area contributed by atoms with Gasteiger partial charge in [-0.2, -0.15) is 0 Å². The van der Waals surface area contributed by atoms with E-state index in [9.17, 15) is 19.2 Å². The quantitative estimate of drug-likeness (QED) is 0.475. The number of hydrogen-bond acceptors (Lipinski definition) is 5. The Morgan fingerprint density at radius 3 is 2.62 bits per heavy atom. The summed E-state index contributed by atoms with van der Waals surface area (Å²) in [4.78, 5) is 49.8. The molecule has 32 heavy (non-hydrogen) atoms. The van der Waals surface area contributed by atoms with Crippen LogP contribution in [0.2, 0.25) is 0 Å². The zero-order chi connectivity index (χ0) is 23.3. The fourth-order valence-corrected chi connectivity index (χ4v) is 4.18. The highest BCUT2D eigenvalue weighted by atomic mass is 16.6. The van der Waals surface area contributed by atoms with E-state index in [1.807, 2.05) is 39.0 Å². The van der Waals surface area contributed by atoms with Gasteiger partial charge in [0.05, 0.1) is 0 Å². The standard InChI is InChI=1S/C24H33N3O5/c1-24(2,3)32-23(31)25-14-7-5-4-6-9-16-10-8-11-17-18(16)15-27(22(17)30)19-12-13-20(28)26-21(19)29/h8,10-11,19H,4-7,9,12-15H2,1-3H3,(H,25,31)(H,26,28,29). The molecule has 8 nitrogen and oxygen atoms in total. The summed E-state index contributed by atoms with van der Waals surface area (Å²) in [6.07, 6.45) is 4.98. The molecule has 0 aromatic heterocycles. The Kier molecular flexibility index (Phi) is 7.53. The van der Waals surface area contributed by atoms with Gasteiger partial charge in [0.15, 0.2) is 0 Å². The van der Waals surface area contributed by atoms with E-state index in [1.165, 1.54) is 0 Å². The van der Waals surface area contributed by atoms with Gasteiger partial charge in [0, 0.05) is 25.1 Å². The van der Waals surface area contributed by atoms with Crippen LogP contribution in [0.4, 0.5) is 4.79 Å². The summed E-state index contributed by atoms with van der Waals surface area (Å²) in [5, 5.41) is 5.11. The average Bonchev–Trinajstić information content (AvgIpc) is 3.03. The Morgan fingerprint density at radius 2 is 1.91 bits per heavy atom. The van der Waals surface area contributed by atoms with Crippen molar-refractivity contribution in [3.63, 3.8) is 0 Å². The number of imide groups is 1. The molecule has 0 spiro atoms. The molecule has 2 heterocycles. The highest BCUT2D eigenvalue weighted by Gasteiger charge is 2.39. The molecular weight excluding hydrogens is 410 g/mol. The van der Waals surface area contributed by atoms with Gasteiger partial charge in [-0.3, -0.25) is 19.7 Å². The van der Waals surface area contributed by atoms with Crippen LogP contribution >= 0.6 is 0 Å². The third-order valence-corrected chi connectivity index (χ3v) is 5.72. The predicted octanol–water partition coefficient (Wildman–Crippen LogP) is 3.08. The molecule has 1 aromatic rings. The van der Waals surface area contributed by atoms with Crippen LogP contribution in [0.1, 0.15) is 80.8 Å². The normalized spacial score (nSPS) is 18.4. The van der Waals surface area contributed by atoms with Gasteiger partial charge in [-0.25, -0.2) is 4.79 Å². The molecule has 2 N–H and O–H groups in total. The fraction of sp³-hybridized carbons (Fsp3) is 0.583. The van der Waals surface area contributed by atoms with Crippen LogP contribution in [0.3, 0.4) is 0 Å². The summed E-state index contributed by atoms with van der Waals surface area (Å²) in [6, 6.07) is 5.17. The number of carbonyl (C=O) groups excluding carboxylic acids is 4. The van der Waals surface area contributed by atoms with Crippen molar-refractivity contribution in [2.75, 3.05) is 6.54 Å². The summed E-state index contributed by atoms with van der Waals surface area (Å²) in [5.74, 6) is -0.800. The SMILES string of the molecule is CC(C)(C)OC(=O)NCCCCCCc1cccc2c1CN(C1CCC(=O)NC1=O)C2=O. The predicted molar refractivity (Wildman–Crippen MR) is 119 cm³/mol. The van der Waals surface area contributed by atoms with E-state index < -0.39 is 11.6 Å². The van der Waals surface area contributed by atoms with Crippen LogP contribution in [0.15, 0.2) is 18.2 Å². The lowest BCUT2D eigenvalue weighted by Crippen LogP contribution is -2.52. The van der Waals surface area contributed by atoms with Crippen LogP contribution in [0.25, 0.3) is 0 Å². The van der Waals surface area contributed by atoms with E-state index in [1.54, 1.807) is 4.90 Å². The second-order valence-corrected chi connectivity index (χ2v) is 9.44. The molecule has 0 radical (unpaired) electrons. The van der Waals surface area contributed by atoms with Crippen molar-refractivity contribution in [3.8, 4) is 0 Å². The van der Waals surface area contributed by atoms with Crippen LogP contribution in [0, 0.1) is 0 Å². The van der Waals surface area contributed by atoms with E-state index in [-0.39, 0.29) is 30.2 Å². The molecule has 2 aliphatic rings. The molecule has 3 rings (SSSR count). The van der Waals surface area contributed by atoms with E-state index in [2.05, 4.69) is 10.6 Å². The zero-order valence-electron chi connectivity index (χ0n) is 19.2. The molecule has 2 aliphatic heterocycles. The number of nitrogens with one attached hydrogen (secondary N) is 2. The topological polar surface area (TPSA) is 105 Å². The molecule has 1 unspecified atom stereocenters. The second-order valence-electron chi connectivity index (χ2n) is 9.44. The first-order valence-corrected chi connectivity index (χ1v) is 11.4. The average molecular weight is 444 g/mol. The number of nitrogens with zero attached hydrogens (tertiary/aromatic N) is 1. The molecule has 1 fully saturated rings. The van der Waals surface area contributed by atoms with Gasteiger partial charge < -0.3 is 15.0 Å². The van der Waals surface area contributed by atoms with E-state index in [0.717, 1.165) is 43.2 Å². The number of aryl methyl sites for hydroxylation is 1. The monoisotopic (exact) mass is 443 g/mol. The largest absolute Gasteiger partial charge is 0.444 e. The Labute approximate surface area is 189 Å². The van der Waals surface area contributed by atoms with Gasteiger partial charge >= 0.3 is 6.09 Å². The minimum atomic E-state index is -0.585. The van der Waals surface area contributed by atoms with Crippen LogP contribution < -0.4 is 10.6 Å². The highest BCUT2D eigenvalue weighted by molar-refractivity contribution is 6.05. The summed E-state index contributed by atoms with van der Waals surface area (Å²) in [7, 11) is 0. The Bertz CT molecular complexity index is 890.